The Morgan fingerprint density at radius 1 is 1.29 bits per heavy atom. The average Bonchev–Trinajstić information content (AvgIpc) is 2.34. The highest BCUT2D eigenvalue weighted by Gasteiger charge is 2.36. The normalized spacial score (nSPS) is 12.3. The van der Waals surface area contributed by atoms with Crippen molar-refractivity contribution in [2.45, 2.75) is 39.5 Å². The maximum atomic E-state index is 13.1. The van der Waals surface area contributed by atoms with Gasteiger partial charge in [0.15, 0.2) is 0 Å². The molecule has 0 saturated heterocycles. The second-order valence-corrected chi connectivity index (χ2v) is 5.84. The number of carbonyl (C=O) groups is 1. The summed E-state index contributed by atoms with van der Waals surface area (Å²) in [5, 5.41) is 13.2. The lowest BCUT2D eigenvalue weighted by molar-refractivity contribution is -0.384. The molecule has 1 N–H and O–H groups in total. The Labute approximate surface area is 136 Å². The number of benzene rings is 1. The first kappa shape index (κ1) is 19.5. The van der Waals surface area contributed by atoms with Crippen LogP contribution in [0.5, 0.6) is 0 Å². The standard InChI is InChI=1S/C15H17F3N2O4/c1-5-6-9-7-11(19-13(21)24-14(2,3)4)12(20(22)23)8-10(9)15(16,17)18/h5-8H,1-4H3,(H,19,21). The SMILES string of the molecule is CC=Cc1cc(NC(=O)OC(C)(C)C)c([N+](=O)[O-])cc1C(F)(F)F. The molecule has 9 heteroatoms. The molecule has 1 aromatic rings. The van der Waals surface area contributed by atoms with Crippen molar-refractivity contribution in [3.63, 3.8) is 0 Å². The van der Waals surface area contributed by atoms with Crippen molar-refractivity contribution < 1.29 is 27.6 Å². The van der Waals surface area contributed by atoms with Crippen LogP contribution in [0.1, 0.15) is 38.8 Å². The van der Waals surface area contributed by atoms with Gasteiger partial charge in [-0.2, -0.15) is 13.2 Å². The van der Waals surface area contributed by atoms with Crippen LogP contribution in [0.25, 0.3) is 6.08 Å². The van der Waals surface area contributed by atoms with Crippen LogP contribution < -0.4 is 5.32 Å². The van der Waals surface area contributed by atoms with Crippen molar-refractivity contribution >= 4 is 23.5 Å². The predicted molar refractivity (Wildman–Crippen MR) is 82.7 cm³/mol. The molecule has 1 amide bonds. The summed E-state index contributed by atoms with van der Waals surface area (Å²) in [7, 11) is 0. The summed E-state index contributed by atoms with van der Waals surface area (Å²) in [6.45, 7) is 6.25. The Morgan fingerprint density at radius 3 is 2.29 bits per heavy atom. The molecule has 0 unspecified atom stereocenters. The van der Waals surface area contributed by atoms with Crippen LogP contribution in [0.3, 0.4) is 0 Å². The van der Waals surface area contributed by atoms with Crippen molar-refractivity contribution in [3.8, 4) is 0 Å². The third-order valence-corrected chi connectivity index (χ3v) is 2.65. The van der Waals surface area contributed by atoms with Crippen molar-refractivity contribution in [3.05, 3.63) is 39.4 Å². The van der Waals surface area contributed by atoms with Gasteiger partial charge in [-0.3, -0.25) is 15.4 Å². The van der Waals surface area contributed by atoms with Gasteiger partial charge in [0.25, 0.3) is 5.69 Å². The van der Waals surface area contributed by atoms with Gasteiger partial charge in [-0.1, -0.05) is 12.2 Å². The van der Waals surface area contributed by atoms with E-state index in [2.05, 4.69) is 5.32 Å². The minimum atomic E-state index is -4.77. The summed E-state index contributed by atoms with van der Waals surface area (Å²) in [6, 6.07) is 1.28. The second-order valence-electron chi connectivity index (χ2n) is 5.84. The van der Waals surface area contributed by atoms with Gasteiger partial charge in [0.1, 0.15) is 11.3 Å². The zero-order chi connectivity index (χ0) is 18.7. The summed E-state index contributed by atoms with van der Waals surface area (Å²) in [6.07, 6.45) is -3.28. The van der Waals surface area contributed by atoms with E-state index in [1.54, 1.807) is 20.8 Å². The van der Waals surface area contributed by atoms with Crippen LogP contribution in [0.15, 0.2) is 18.2 Å². The number of anilines is 1. The van der Waals surface area contributed by atoms with Gasteiger partial charge in [-0.15, -0.1) is 0 Å². The highest BCUT2D eigenvalue weighted by Crippen LogP contribution is 2.38. The first-order valence-corrected chi connectivity index (χ1v) is 6.87. The van der Waals surface area contributed by atoms with E-state index in [1.165, 1.54) is 13.0 Å². The highest BCUT2D eigenvalue weighted by molar-refractivity contribution is 5.89. The first-order valence-electron chi connectivity index (χ1n) is 6.87. The fourth-order valence-corrected chi connectivity index (χ4v) is 1.83. The topological polar surface area (TPSA) is 81.5 Å². The number of nitrogens with zero attached hydrogens (tertiary/aromatic N) is 1. The van der Waals surface area contributed by atoms with Crippen molar-refractivity contribution in [1.29, 1.82) is 0 Å². The van der Waals surface area contributed by atoms with Crippen molar-refractivity contribution in [2.24, 2.45) is 0 Å². The number of rotatable bonds is 3. The second kappa shape index (κ2) is 6.90. The van der Waals surface area contributed by atoms with Gasteiger partial charge in [-0.05, 0) is 39.3 Å². The molecule has 0 aliphatic rings. The molecule has 24 heavy (non-hydrogen) atoms. The zero-order valence-corrected chi connectivity index (χ0v) is 13.5. The van der Waals surface area contributed by atoms with E-state index >= 15 is 0 Å². The largest absolute Gasteiger partial charge is 0.444 e. The number of alkyl halides is 3. The van der Waals surface area contributed by atoms with E-state index in [-0.39, 0.29) is 11.3 Å². The van der Waals surface area contributed by atoms with E-state index in [0.29, 0.717) is 6.07 Å². The molecular weight excluding hydrogens is 329 g/mol. The molecule has 0 bridgehead atoms. The molecule has 1 aromatic carbocycles. The maximum Gasteiger partial charge on any atom is 0.417 e. The third-order valence-electron chi connectivity index (χ3n) is 2.65. The molecule has 0 fully saturated rings. The van der Waals surface area contributed by atoms with Crippen LogP contribution in [-0.4, -0.2) is 16.6 Å². The van der Waals surface area contributed by atoms with E-state index < -0.39 is 34.0 Å². The molecule has 0 aliphatic carbocycles. The number of carbonyl (C=O) groups excluding carboxylic acids is 1. The van der Waals surface area contributed by atoms with E-state index in [9.17, 15) is 28.1 Å². The zero-order valence-electron chi connectivity index (χ0n) is 13.5. The van der Waals surface area contributed by atoms with Gasteiger partial charge in [0.05, 0.1) is 10.5 Å². The number of halogens is 3. The van der Waals surface area contributed by atoms with E-state index in [0.717, 1.165) is 12.1 Å². The highest BCUT2D eigenvalue weighted by atomic mass is 19.4. The average molecular weight is 346 g/mol. The van der Waals surface area contributed by atoms with Crippen LogP contribution in [-0.2, 0) is 10.9 Å². The fraction of sp³-hybridized carbons (Fsp3) is 0.400. The summed E-state index contributed by atoms with van der Waals surface area (Å²) in [5.41, 5.74) is -3.59. The number of ether oxygens (including phenoxy) is 1. The molecule has 132 valence electrons. The van der Waals surface area contributed by atoms with E-state index in [4.69, 9.17) is 4.74 Å². The van der Waals surface area contributed by atoms with E-state index in [1.807, 2.05) is 0 Å². The molecule has 0 spiro atoms. The number of nitro groups is 1. The van der Waals surface area contributed by atoms with Gasteiger partial charge in [0, 0.05) is 6.07 Å². The molecule has 0 aliphatic heterocycles. The van der Waals surface area contributed by atoms with Gasteiger partial charge in [-0.25, -0.2) is 4.79 Å². The summed E-state index contributed by atoms with van der Waals surface area (Å²) >= 11 is 0. The molecule has 0 radical (unpaired) electrons. The summed E-state index contributed by atoms with van der Waals surface area (Å²) < 4.78 is 44.2. The molecule has 0 saturated carbocycles. The van der Waals surface area contributed by atoms with Crippen LogP contribution in [0, 0.1) is 10.1 Å². The van der Waals surface area contributed by atoms with Gasteiger partial charge < -0.3 is 4.74 Å². The monoisotopic (exact) mass is 346 g/mol. The molecule has 6 nitrogen and oxygen atoms in total. The maximum absolute atomic E-state index is 13.1. The van der Waals surface area contributed by atoms with Crippen LogP contribution in [0.4, 0.5) is 29.3 Å². The third kappa shape index (κ3) is 5.25. The lowest BCUT2D eigenvalue weighted by Crippen LogP contribution is -2.27. The fourth-order valence-electron chi connectivity index (χ4n) is 1.83. The van der Waals surface area contributed by atoms with Crippen molar-refractivity contribution in [1.82, 2.24) is 0 Å². The Kier molecular flexibility index (Phi) is 5.59. The molecule has 0 heterocycles. The lowest BCUT2D eigenvalue weighted by Gasteiger charge is -2.20. The Hall–Kier alpha value is -2.58. The quantitative estimate of drug-likeness (QED) is 0.617. The minimum Gasteiger partial charge on any atom is -0.444 e. The van der Waals surface area contributed by atoms with Crippen LogP contribution in [0.2, 0.25) is 0 Å². The smallest absolute Gasteiger partial charge is 0.417 e. The predicted octanol–water partition coefficient (Wildman–Crippen LogP) is 4.99. The number of nitro benzene ring substituents is 1. The number of nitrogens with one attached hydrogen (secondary N) is 1. The molecule has 0 atom stereocenters. The number of amides is 1. The first-order chi connectivity index (χ1) is 10.8. The van der Waals surface area contributed by atoms with Gasteiger partial charge >= 0.3 is 12.3 Å². The van der Waals surface area contributed by atoms with Crippen LogP contribution >= 0.6 is 0 Å². The number of hydrogen-bond acceptors (Lipinski definition) is 4. The molecule has 0 aromatic heterocycles. The number of allylic oxidation sites excluding steroid dienone is 1. The molecule has 1 rings (SSSR count). The Balaban J connectivity index is 3.41. The minimum absolute atomic E-state index is 0.304. The Bertz CT molecular complexity index is 677. The molecular formula is C15H17F3N2O4. The number of hydrogen-bond donors (Lipinski definition) is 1. The summed E-state index contributed by atoms with van der Waals surface area (Å²) in [4.78, 5) is 21.8. The van der Waals surface area contributed by atoms with Crippen molar-refractivity contribution in [2.75, 3.05) is 5.32 Å². The van der Waals surface area contributed by atoms with Gasteiger partial charge in [0.2, 0.25) is 0 Å². The lowest BCUT2D eigenvalue weighted by atomic mass is 10.0. The summed E-state index contributed by atoms with van der Waals surface area (Å²) in [5.74, 6) is 0. The Morgan fingerprint density at radius 2 is 1.88 bits per heavy atom.